The zero-order chi connectivity index (χ0) is 12.3. The molecule has 2 aliphatic rings. The number of hydrogen-bond donors (Lipinski definition) is 2. The monoisotopic (exact) mass is 242 g/mol. The van der Waals surface area contributed by atoms with Crippen LogP contribution in [-0.4, -0.2) is 54.4 Å². The van der Waals surface area contributed by atoms with Gasteiger partial charge < -0.3 is 20.5 Å². The minimum Gasteiger partial charge on any atom is -0.394 e. The van der Waals surface area contributed by atoms with Crippen LogP contribution in [-0.2, 0) is 9.53 Å². The first kappa shape index (κ1) is 12.8. The van der Waals surface area contributed by atoms with E-state index in [2.05, 4.69) is 0 Å². The van der Waals surface area contributed by atoms with Crippen LogP contribution in [0.15, 0.2) is 0 Å². The molecule has 2 rings (SSSR count). The van der Waals surface area contributed by atoms with Crippen molar-refractivity contribution in [2.24, 2.45) is 11.7 Å². The van der Waals surface area contributed by atoms with Crippen LogP contribution in [0.25, 0.3) is 0 Å². The molecule has 1 saturated heterocycles. The summed E-state index contributed by atoms with van der Waals surface area (Å²) >= 11 is 0. The molecule has 0 spiro atoms. The highest BCUT2D eigenvalue weighted by atomic mass is 16.5. The molecule has 1 aliphatic carbocycles. The number of amides is 1. The molecule has 1 amide bonds. The first-order valence-electron chi connectivity index (χ1n) is 6.49. The second-order valence-corrected chi connectivity index (χ2v) is 5.01. The summed E-state index contributed by atoms with van der Waals surface area (Å²) in [6, 6.07) is 0.00618. The maximum Gasteiger partial charge on any atom is 0.227 e. The molecule has 3 N–H and O–H groups in total. The molecule has 0 aromatic rings. The van der Waals surface area contributed by atoms with Crippen molar-refractivity contribution in [3.05, 3.63) is 0 Å². The van der Waals surface area contributed by atoms with Gasteiger partial charge >= 0.3 is 0 Å². The fraction of sp³-hybridized carbons (Fsp3) is 0.917. The number of aliphatic hydroxyl groups is 1. The van der Waals surface area contributed by atoms with E-state index in [4.69, 9.17) is 15.6 Å². The van der Waals surface area contributed by atoms with Crippen molar-refractivity contribution >= 4 is 5.91 Å². The molecule has 0 aromatic heterocycles. The fourth-order valence-electron chi connectivity index (χ4n) is 2.73. The Balaban J connectivity index is 1.93. The molecule has 2 fully saturated rings. The van der Waals surface area contributed by atoms with E-state index in [1.54, 1.807) is 4.90 Å². The van der Waals surface area contributed by atoms with Gasteiger partial charge in [-0.3, -0.25) is 4.79 Å². The van der Waals surface area contributed by atoms with E-state index in [1.807, 2.05) is 0 Å². The summed E-state index contributed by atoms with van der Waals surface area (Å²) in [5.41, 5.74) is 6.03. The lowest BCUT2D eigenvalue weighted by Gasteiger charge is -2.37. The lowest BCUT2D eigenvalue weighted by Crippen LogP contribution is -2.52. The Morgan fingerprint density at radius 1 is 1.41 bits per heavy atom. The Kier molecular flexibility index (Phi) is 4.36. The van der Waals surface area contributed by atoms with Crippen LogP contribution >= 0.6 is 0 Å². The van der Waals surface area contributed by atoms with Gasteiger partial charge in [-0.05, 0) is 12.8 Å². The topological polar surface area (TPSA) is 75.8 Å². The second kappa shape index (κ2) is 5.80. The van der Waals surface area contributed by atoms with Gasteiger partial charge in [-0.2, -0.15) is 0 Å². The lowest BCUT2D eigenvalue weighted by atomic mass is 9.84. The number of hydrogen-bond acceptors (Lipinski definition) is 4. The number of nitrogens with zero attached hydrogens (tertiary/aromatic N) is 1. The van der Waals surface area contributed by atoms with Crippen LogP contribution < -0.4 is 5.73 Å². The number of ether oxygens (including phenoxy) is 1. The second-order valence-electron chi connectivity index (χ2n) is 5.01. The molecular formula is C12H22N2O3. The summed E-state index contributed by atoms with van der Waals surface area (Å²) in [6.45, 7) is 1.61. The summed E-state index contributed by atoms with van der Waals surface area (Å²) in [7, 11) is 0. The zero-order valence-corrected chi connectivity index (χ0v) is 10.2. The Bertz CT molecular complexity index is 272. The van der Waals surface area contributed by atoms with E-state index in [1.165, 1.54) is 0 Å². The molecule has 98 valence electrons. The predicted octanol–water partition coefficient (Wildman–Crippen LogP) is -0.276. The Hall–Kier alpha value is -0.650. The quantitative estimate of drug-likeness (QED) is 0.698. The van der Waals surface area contributed by atoms with Crippen molar-refractivity contribution in [2.45, 2.75) is 37.8 Å². The van der Waals surface area contributed by atoms with Gasteiger partial charge in [0.25, 0.3) is 0 Å². The van der Waals surface area contributed by atoms with Crippen molar-refractivity contribution < 1.29 is 14.6 Å². The molecule has 0 radical (unpaired) electrons. The van der Waals surface area contributed by atoms with E-state index in [9.17, 15) is 4.79 Å². The molecule has 0 bridgehead atoms. The number of carbonyl (C=O) groups excluding carboxylic acids is 1. The summed E-state index contributed by atoms with van der Waals surface area (Å²) in [5, 5.41) is 9.07. The highest BCUT2D eigenvalue weighted by molar-refractivity contribution is 5.79. The molecule has 3 unspecified atom stereocenters. The minimum absolute atomic E-state index is 0.00618. The molecule has 1 heterocycles. The van der Waals surface area contributed by atoms with E-state index in [-0.39, 0.29) is 30.6 Å². The zero-order valence-electron chi connectivity index (χ0n) is 10.2. The molecular weight excluding hydrogens is 220 g/mol. The van der Waals surface area contributed by atoms with Crippen molar-refractivity contribution in [2.75, 3.05) is 26.3 Å². The van der Waals surface area contributed by atoms with Crippen molar-refractivity contribution in [3.63, 3.8) is 0 Å². The predicted molar refractivity (Wildman–Crippen MR) is 63.3 cm³/mol. The summed E-state index contributed by atoms with van der Waals surface area (Å²) in [6.07, 6.45) is 3.85. The van der Waals surface area contributed by atoms with Crippen molar-refractivity contribution in [1.29, 1.82) is 0 Å². The van der Waals surface area contributed by atoms with Crippen molar-refractivity contribution in [3.8, 4) is 0 Å². The van der Waals surface area contributed by atoms with E-state index in [0.29, 0.717) is 19.7 Å². The van der Waals surface area contributed by atoms with Gasteiger partial charge in [-0.1, -0.05) is 12.8 Å². The van der Waals surface area contributed by atoms with Gasteiger partial charge in [0.05, 0.1) is 25.2 Å². The van der Waals surface area contributed by atoms with Crippen LogP contribution in [0.3, 0.4) is 0 Å². The highest BCUT2D eigenvalue weighted by Gasteiger charge is 2.33. The Morgan fingerprint density at radius 3 is 2.88 bits per heavy atom. The van der Waals surface area contributed by atoms with Crippen LogP contribution in [0, 0.1) is 5.92 Å². The molecule has 1 aliphatic heterocycles. The number of aliphatic hydroxyl groups excluding tert-OH is 1. The number of rotatable bonds is 2. The first-order valence-corrected chi connectivity index (χ1v) is 6.49. The summed E-state index contributed by atoms with van der Waals surface area (Å²) < 4.78 is 5.35. The van der Waals surface area contributed by atoms with Crippen LogP contribution in [0.1, 0.15) is 25.7 Å². The third-order valence-electron chi connectivity index (χ3n) is 3.79. The summed E-state index contributed by atoms with van der Waals surface area (Å²) in [5.74, 6) is 0.125. The summed E-state index contributed by atoms with van der Waals surface area (Å²) in [4.78, 5) is 14.1. The molecule has 0 aromatic carbocycles. The van der Waals surface area contributed by atoms with Gasteiger partial charge in [-0.15, -0.1) is 0 Å². The fourth-order valence-corrected chi connectivity index (χ4v) is 2.73. The highest BCUT2D eigenvalue weighted by Crippen LogP contribution is 2.25. The first-order chi connectivity index (χ1) is 8.22. The molecule has 5 nitrogen and oxygen atoms in total. The Labute approximate surface area is 102 Å². The maximum atomic E-state index is 12.3. The van der Waals surface area contributed by atoms with Crippen LogP contribution in [0.2, 0.25) is 0 Å². The molecule has 5 heteroatoms. The molecule has 1 saturated carbocycles. The maximum absolute atomic E-state index is 12.3. The average Bonchev–Trinajstić information content (AvgIpc) is 2.38. The minimum atomic E-state index is -0.229. The molecule has 17 heavy (non-hydrogen) atoms. The van der Waals surface area contributed by atoms with E-state index in [0.717, 1.165) is 25.7 Å². The number of morpholine rings is 1. The number of carbonyl (C=O) groups is 1. The van der Waals surface area contributed by atoms with E-state index >= 15 is 0 Å². The van der Waals surface area contributed by atoms with E-state index < -0.39 is 0 Å². The van der Waals surface area contributed by atoms with Gasteiger partial charge in [0.15, 0.2) is 0 Å². The SMILES string of the molecule is NC1CCCCC1C(=O)N1CCOC(CO)C1. The third kappa shape index (κ3) is 2.97. The van der Waals surface area contributed by atoms with Crippen LogP contribution in [0.5, 0.6) is 0 Å². The standard InChI is InChI=1S/C12H22N2O3/c13-11-4-2-1-3-10(11)12(16)14-5-6-17-9(7-14)8-15/h9-11,15H,1-8,13H2. The van der Waals surface area contributed by atoms with Gasteiger partial charge in [0, 0.05) is 19.1 Å². The lowest BCUT2D eigenvalue weighted by molar-refractivity contribution is -0.146. The third-order valence-corrected chi connectivity index (χ3v) is 3.79. The van der Waals surface area contributed by atoms with Gasteiger partial charge in [0.2, 0.25) is 5.91 Å². The normalized spacial score (nSPS) is 34.7. The largest absolute Gasteiger partial charge is 0.394 e. The van der Waals surface area contributed by atoms with Gasteiger partial charge in [-0.25, -0.2) is 0 Å². The Morgan fingerprint density at radius 2 is 2.18 bits per heavy atom. The average molecular weight is 242 g/mol. The van der Waals surface area contributed by atoms with Crippen LogP contribution in [0.4, 0.5) is 0 Å². The van der Waals surface area contributed by atoms with Gasteiger partial charge in [0.1, 0.15) is 0 Å². The smallest absolute Gasteiger partial charge is 0.227 e. The molecule has 3 atom stereocenters. The van der Waals surface area contributed by atoms with Crippen molar-refractivity contribution in [1.82, 2.24) is 4.90 Å². The number of nitrogens with two attached hydrogens (primary N) is 1.